The average Bonchev–Trinajstić information content (AvgIpc) is 3.82. The van der Waals surface area contributed by atoms with Crippen LogP contribution >= 0.6 is 11.3 Å². The van der Waals surface area contributed by atoms with Gasteiger partial charge in [0, 0.05) is 69.3 Å². The van der Waals surface area contributed by atoms with Crippen molar-refractivity contribution in [3.05, 3.63) is 103 Å². The van der Waals surface area contributed by atoms with Gasteiger partial charge in [-0.25, -0.2) is 4.39 Å². The van der Waals surface area contributed by atoms with Gasteiger partial charge in [0.15, 0.2) is 5.78 Å². The Kier molecular flexibility index (Phi) is 9.23. The Bertz CT molecular complexity index is 2000. The summed E-state index contributed by atoms with van der Waals surface area (Å²) < 4.78 is 15.9. The molecule has 2 saturated carbocycles. The van der Waals surface area contributed by atoms with Gasteiger partial charge in [-0.1, -0.05) is 79.6 Å². The smallest absolute Gasteiger partial charge is 0.162 e. The normalized spacial score (nSPS) is 16.0. The molecule has 0 aliphatic heterocycles. The molecule has 0 bridgehead atoms. The van der Waals surface area contributed by atoms with Gasteiger partial charge in [0.25, 0.3) is 0 Å². The van der Waals surface area contributed by atoms with Crippen molar-refractivity contribution in [2.75, 3.05) is 0 Å². The van der Waals surface area contributed by atoms with E-state index in [9.17, 15) is 14.3 Å². The van der Waals surface area contributed by atoms with E-state index in [0.717, 1.165) is 78.8 Å². The number of hydrogen-bond acceptors (Lipinski definition) is 4. The van der Waals surface area contributed by atoms with Gasteiger partial charge >= 0.3 is 0 Å². The molecule has 0 unspecified atom stereocenters. The third-order valence-corrected chi connectivity index (χ3v) is 10.2. The Balaban J connectivity index is 0.000000183. The van der Waals surface area contributed by atoms with E-state index in [-0.39, 0.29) is 43.5 Å². The number of allylic oxidation sites excluding steroid dienone is 2. The van der Waals surface area contributed by atoms with Crippen LogP contribution in [0.5, 0.6) is 0 Å². The van der Waals surface area contributed by atoms with E-state index in [1.54, 1.807) is 17.4 Å². The minimum absolute atomic E-state index is 0. The second-order valence-corrected chi connectivity index (χ2v) is 12.9. The number of rotatable bonds is 4. The van der Waals surface area contributed by atoms with Gasteiger partial charge in [-0.15, -0.1) is 40.5 Å². The summed E-state index contributed by atoms with van der Waals surface area (Å²) in [6, 6.07) is 28.9. The summed E-state index contributed by atoms with van der Waals surface area (Å²) in [5.41, 5.74) is 2.84. The number of thiophene rings is 1. The van der Waals surface area contributed by atoms with Crippen molar-refractivity contribution in [3.8, 4) is 11.3 Å². The van der Waals surface area contributed by atoms with Crippen molar-refractivity contribution < 1.29 is 34.4 Å². The second-order valence-electron chi connectivity index (χ2n) is 11.8. The molecule has 2 heterocycles. The molecule has 0 spiro atoms. The van der Waals surface area contributed by atoms with Crippen LogP contribution in [-0.4, -0.2) is 15.9 Å². The van der Waals surface area contributed by atoms with E-state index in [0.29, 0.717) is 5.76 Å². The van der Waals surface area contributed by atoms with Gasteiger partial charge < -0.3 is 5.11 Å². The first-order chi connectivity index (χ1) is 21.1. The molecule has 6 aromatic rings. The number of pyridine rings is 1. The second kappa shape index (κ2) is 13.3. The van der Waals surface area contributed by atoms with E-state index in [1.807, 2.05) is 42.5 Å². The third-order valence-electron chi connectivity index (χ3n) is 9.05. The van der Waals surface area contributed by atoms with Crippen LogP contribution in [0.3, 0.4) is 0 Å². The first kappa shape index (κ1) is 30.6. The number of aliphatic hydroxyl groups is 1. The monoisotopic (exact) mass is 779 g/mol. The number of aromatic nitrogens is 1. The van der Waals surface area contributed by atoms with Crippen LogP contribution in [0, 0.1) is 23.7 Å². The topological polar surface area (TPSA) is 50.2 Å². The first-order valence-corrected chi connectivity index (χ1v) is 16.1. The van der Waals surface area contributed by atoms with Crippen LogP contribution in [0.25, 0.3) is 53.1 Å². The van der Waals surface area contributed by atoms with Crippen LogP contribution in [0.4, 0.5) is 4.39 Å². The van der Waals surface area contributed by atoms with Gasteiger partial charge in [-0.3, -0.25) is 9.78 Å². The molecule has 44 heavy (non-hydrogen) atoms. The molecule has 8 rings (SSSR count). The van der Waals surface area contributed by atoms with E-state index in [4.69, 9.17) is 4.98 Å². The number of carbonyl (C=O) groups is 1. The molecule has 2 fully saturated rings. The quantitative estimate of drug-likeness (QED) is 0.110. The Labute approximate surface area is 274 Å². The molecule has 0 atom stereocenters. The number of nitrogens with zero attached hydrogens (tertiary/aromatic N) is 1. The van der Waals surface area contributed by atoms with E-state index in [2.05, 4.69) is 30.3 Å². The van der Waals surface area contributed by atoms with Crippen molar-refractivity contribution in [1.29, 1.82) is 0 Å². The van der Waals surface area contributed by atoms with Crippen LogP contribution in [-0.2, 0) is 24.9 Å². The Morgan fingerprint density at radius 3 is 2.32 bits per heavy atom. The summed E-state index contributed by atoms with van der Waals surface area (Å²) in [5.74, 6) is 0.778. The zero-order chi connectivity index (χ0) is 29.3. The zero-order valence-corrected chi connectivity index (χ0v) is 27.5. The third kappa shape index (κ3) is 5.96. The van der Waals surface area contributed by atoms with Crippen LogP contribution < -0.4 is 0 Å². The maximum Gasteiger partial charge on any atom is 0.162 e. The molecule has 6 heteroatoms. The molecule has 4 aromatic carbocycles. The van der Waals surface area contributed by atoms with Crippen LogP contribution in [0.15, 0.2) is 90.7 Å². The predicted octanol–water partition coefficient (Wildman–Crippen LogP) is 10.7. The van der Waals surface area contributed by atoms with E-state index in [1.165, 1.54) is 37.8 Å². The van der Waals surface area contributed by atoms with E-state index >= 15 is 0 Å². The number of hydrogen-bond donors (Lipinski definition) is 1. The van der Waals surface area contributed by atoms with Gasteiger partial charge in [-0.2, -0.15) is 0 Å². The standard InChI is InChI=1S/C25H13FNS.C13H20O2.Ir/c26-16-12-13-20-22(14-16)28-25-23(20)19-9-3-4-11-21(19)27-24(25)18-10-5-7-15-6-1-2-8-17(15)18;14-12(10-5-1-2-6-10)9-13(15)11-7-3-4-8-11;/h1-9,11-14H;9-11,14H,1-8H2;/q-1;;/b;12-9-;. The fourth-order valence-electron chi connectivity index (χ4n) is 6.80. The summed E-state index contributed by atoms with van der Waals surface area (Å²) >= 11 is 1.60. The molecule has 2 aliphatic rings. The van der Waals surface area contributed by atoms with Crippen molar-refractivity contribution >= 4 is 59.0 Å². The average molecular weight is 779 g/mol. The summed E-state index contributed by atoms with van der Waals surface area (Å²) in [7, 11) is 0. The van der Waals surface area contributed by atoms with Gasteiger partial charge in [0.05, 0.1) is 11.3 Å². The largest absolute Gasteiger partial charge is 0.512 e. The summed E-state index contributed by atoms with van der Waals surface area (Å²) in [5, 5.41) is 15.4. The van der Waals surface area contributed by atoms with Crippen LogP contribution in [0.1, 0.15) is 51.4 Å². The summed E-state index contributed by atoms with van der Waals surface area (Å²) in [6.07, 6.45) is 10.4. The van der Waals surface area contributed by atoms with Crippen molar-refractivity contribution in [2.24, 2.45) is 11.8 Å². The fraction of sp³-hybridized carbons (Fsp3) is 0.263. The van der Waals surface area contributed by atoms with Crippen molar-refractivity contribution in [1.82, 2.24) is 4.98 Å². The molecule has 1 radical (unpaired) electrons. The van der Waals surface area contributed by atoms with Gasteiger partial charge in [-0.05, 0) is 43.9 Å². The number of aliphatic hydroxyl groups excluding tert-OH is 1. The number of benzene rings is 4. The van der Waals surface area contributed by atoms with Gasteiger partial charge in [0.2, 0.25) is 0 Å². The minimum Gasteiger partial charge on any atom is -0.512 e. The molecule has 2 aromatic heterocycles. The molecule has 0 amide bonds. The molecular formula is C38H33FIrNO2S-. The maximum absolute atomic E-state index is 13.9. The number of para-hydroxylation sites is 1. The summed E-state index contributed by atoms with van der Waals surface area (Å²) in [6.45, 7) is 0. The molecule has 3 nitrogen and oxygen atoms in total. The number of ketones is 1. The zero-order valence-electron chi connectivity index (χ0n) is 24.3. The molecule has 225 valence electrons. The number of fused-ring (bicyclic) bond motifs is 6. The van der Waals surface area contributed by atoms with Gasteiger partial charge in [0.1, 0.15) is 5.82 Å². The predicted molar refractivity (Wildman–Crippen MR) is 176 cm³/mol. The first-order valence-electron chi connectivity index (χ1n) is 15.3. The maximum atomic E-state index is 13.9. The molecule has 2 aliphatic carbocycles. The Morgan fingerprint density at radius 1 is 0.864 bits per heavy atom. The summed E-state index contributed by atoms with van der Waals surface area (Å²) in [4.78, 5) is 16.8. The Hall–Kier alpha value is -3.44. The van der Waals surface area contributed by atoms with E-state index < -0.39 is 0 Å². The fourth-order valence-corrected chi connectivity index (χ4v) is 8.04. The SMILES string of the molecule is Fc1ccc2c(c1)sc1c(-c3[c-]ccc4ccccc34)nc3ccccc3c12.O=C(/C=C(\O)C1CCCC1)C1CCCC1.[Ir]. The number of carbonyl (C=O) groups excluding carboxylic acids is 1. The minimum atomic E-state index is -0.213. The molecule has 0 saturated heterocycles. The molecule has 1 N–H and O–H groups in total. The number of halogens is 1. The van der Waals surface area contributed by atoms with Crippen molar-refractivity contribution in [2.45, 2.75) is 51.4 Å². The van der Waals surface area contributed by atoms with Crippen molar-refractivity contribution in [3.63, 3.8) is 0 Å². The molecular weight excluding hydrogens is 746 g/mol. The Morgan fingerprint density at radius 2 is 1.55 bits per heavy atom. The van der Waals surface area contributed by atoms with Crippen LogP contribution in [0.2, 0.25) is 0 Å².